The summed E-state index contributed by atoms with van der Waals surface area (Å²) < 4.78 is 40.8. The van der Waals surface area contributed by atoms with Crippen molar-refractivity contribution in [2.24, 2.45) is 5.92 Å². The molecule has 0 atom stereocenters. The van der Waals surface area contributed by atoms with Crippen LogP contribution in [0.1, 0.15) is 24.2 Å². The second kappa shape index (κ2) is 7.95. The van der Waals surface area contributed by atoms with Crippen LogP contribution in [0.2, 0.25) is 5.02 Å². The third kappa shape index (κ3) is 5.26. The topological polar surface area (TPSA) is 75.3 Å². The van der Waals surface area contributed by atoms with Crippen molar-refractivity contribution in [1.82, 2.24) is 4.72 Å². The van der Waals surface area contributed by atoms with Gasteiger partial charge in [0.1, 0.15) is 5.82 Å². The van der Waals surface area contributed by atoms with E-state index in [0.29, 0.717) is 5.02 Å². The first-order valence-electron chi connectivity index (χ1n) is 7.55. The largest absolute Gasteiger partial charge is 0.319 e. The highest BCUT2D eigenvalue weighted by Crippen LogP contribution is 2.20. The van der Waals surface area contributed by atoms with Crippen molar-refractivity contribution in [3.8, 4) is 0 Å². The highest BCUT2D eigenvalue weighted by molar-refractivity contribution is 7.89. The molecule has 0 fully saturated rings. The van der Waals surface area contributed by atoms with Gasteiger partial charge in [0.15, 0.2) is 0 Å². The number of hydrogen-bond donors (Lipinski definition) is 2. The van der Waals surface area contributed by atoms with Gasteiger partial charge in [-0.2, -0.15) is 0 Å². The van der Waals surface area contributed by atoms with Gasteiger partial charge in [0.25, 0.3) is 5.91 Å². The lowest BCUT2D eigenvalue weighted by Crippen LogP contribution is -2.27. The molecule has 0 aromatic heterocycles. The van der Waals surface area contributed by atoms with E-state index >= 15 is 0 Å². The summed E-state index contributed by atoms with van der Waals surface area (Å²) in [4.78, 5) is 11.9. The normalized spacial score (nSPS) is 11.6. The zero-order valence-electron chi connectivity index (χ0n) is 13.7. The minimum Gasteiger partial charge on any atom is -0.319 e. The summed E-state index contributed by atoms with van der Waals surface area (Å²) in [7, 11) is -3.80. The molecule has 0 heterocycles. The summed E-state index contributed by atoms with van der Waals surface area (Å²) in [6.07, 6.45) is 0. The van der Waals surface area contributed by atoms with E-state index < -0.39 is 21.7 Å². The zero-order chi connectivity index (χ0) is 18.6. The summed E-state index contributed by atoms with van der Waals surface area (Å²) in [6.45, 7) is 3.96. The molecule has 2 aromatic rings. The summed E-state index contributed by atoms with van der Waals surface area (Å²) in [5, 5.41) is 2.78. The molecule has 0 aliphatic heterocycles. The number of amides is 1. The summed E-state index contributed by atoms with van der Waals surface area (Å²) in [5.41, 5.74) is 0.148. The smallest absolute Gasteiger partial charge is 0.255 e. The predicted octanol–water partition coefficient (Wildman–Crippen LogP) is 3.67. The summed E-state index contributed by atoms with van der Waals surface area (Å²) in [6, 6.07) is 9.51. The molecular formula is C17H18ClFN2O3S. The van der Waals surface area contributed by atoms with Crippen molar-refractivity contribution in [2.75, 3.05) is 11.9 Å². The number of halogens is 2. The molecule has 2 rings (SSSR count). The third-order valence-electron chi connectivity index (χ3n) is 3.27. The van der Waals surface area contributed by atoms with Gasteiger partial charge >= 0.3 is 0 Å². The monoisotopic (exact) mass is 384 g/mol. The van der Waals surface area contributed by atoms with Crippen molar-refractivity contribution < 1.29 is 17.6 Å². The Hall–Kier alpha value is -1.96. The van der Waals surface area contributed by atoms with Crippen molar-refractivity contribution in [1.29, 1.82) is 0 Å². The molecule has 8 heteroatoms. The van der Waals surface area contributed by atoms with Gasteiger partial charge < -0.3 is 5.32 Å². The number of carbonyl (C=O) groups is 1. The van der Waals surface area contributed by atoms with Crippen LogP contribution in [0.15, 0.2) is 47.4 Å². The number of anilines is 1. The van der Waals surface area contributed by atoms with E-state index in [1.54, 1.807) is 12.1 Å². The maximum atomic E-state index is 14.2. The molecule has 0 radical (unpaired) electrons. The van der Waals surface area contributed by atoms with Gasteiger partial charge in [-0.1, -0.05) is 31.5 Å². The molecular weight excluding hydrogens is 367 g/mol. The molecule has 0 unspecified atom stereocenters. The maximum Gasteiger partial charge on any atom is 0.255 e. The number of nitrogens with one attached hydrogen (secondary N) is 2. The second-order valence-corrected chi connectivity index (χ2v) is 8.06. The van der Waals surface area contributed by atoms with Gasteiger partial charge in [0.2, 0.25) is 10.0 Å². The Morgan fingerprint density at radius 3 is 2.52 bits per heavy atom. The van der Waals surface area contributed by atoms with E-state index in [2.05, 4.69) is 10.0 Å². The van der Waals surface area contributed by atoms with Crippen LogP contribution in [0.4, 0.5) is 10.1 Å². The number of carbonyl (C=O) groups excluding carboxylic acids is 1. The zero-order valence-corrected chi connectivity index (χ0v) is 15.3. The third-order valence-corrected chi connectivity index (χ3v) is 4.92. The van der Waals surface area contributed by atoms with Crippen LogP contribution >= 0.6 is 11.6 Å². The van der Waals surface area contributed by atoms with Gasteiger partial charge in [0.05, 0.1) is 10.6 Å². The van der Waals surface area contributed by atoms with Crippen LogP contribution in [0.5, 0.6) is 0 Å². The van der Waals surface area contributed by atoms with E-state index in [4.69, 9.17) is 11.6 Å². The minimum atomic E-state index is -3.80. The highest BCUT2D eigenvalue weighted by atomic mass is 35.5. The van der Waals surface area contributed by atoms with Crippen molar-refractivity contribution >= 4 is 33.2 Å². The fraction of sp³-hybridized carbons (Fsp3) is 0.235. The molecule has 1 amide bonds. The van der Waals surface area contributed by atoms with Gasteiger partial charge in [-0.25, -0.2) is 17.5 Å². The van der Waals surface area contributed by atoms with Crippen LogP contribution in [-0.4, -0.2) is 20.9 Å². The molecule has 0 spiro atoms. The van der Waals surface area contributed by atoms with Crippen molar-refractivity contribution in [2.45, 2.75) is 18.7 Å². The Morgan fingerprint density at radius 1 is 1.20 bits per heavy atom. The first-order chi connectivity index (χ1) is 11.7. The SMILES string of the molecule is CC(C)CNS(=O)(=O)c1ccc(NC(=O)c2cccc(Cl)c2)c(F)c1. The Labute approximate surface area is 151 Å². The van der Waals surface area contributed by atoms with Crippen molar-refractivity contribution in [3.05, 3.63) is 58.9 Å². The van der Waals surface area contributed by atoms with Crippen LogP contribution in [0.25, 0.3) is 0 Å². The van der Waals surface area contributed by atoms with Gasteiger partial charge in [-0.05, 0) is 42.3 Å². The van der Waals surface area contributed by atoms with E-state index in [-0.39, 0.29) is 28.6 Å². The van der Waals surface area contributed by atoms with E-state index in [1.807, 2.05) is 13.8 Å². The van der Waals surface area contributed by atoms with E-state index in [9.17, 15) is 17.6 Å². The average molecular weight is 385 g/mol. The first-order valence-corrected chi connectivity index (χ1v) is 9.41. The molecule has 0 bridgehead atoms. The standard InChI is InChI=1S/C17H18ClFN2O3S/c1-11(2)10-20-25(23,24)14-6-7-16(15(19)9-14)21-17(22)12-4-3-5-13(18)8-12/h3-9,11,20H,10H2,1-2H3,(H,21,22). The fourth-order valence-corrected chi connectivity index (χ4v) is 3.36. The van der Waals surface area contributed by atoms with Crippen molar-refractivity contribution in [3.63, 3.8) is 0 Å². The second-order valence-electron chi connectivity index (χ2n) is 5.85. The molecule has 0 aliphatic rings. The Balaban J connectivity index is 2.18. The fourth-order valence-electron chi connectivity index (χ4n) is 1.95. The Morgan fingerprint density at radius 2 is 1.92 bits per heavy atom. The average Bonchev–Trinajstić information content (AvgIpc) is 2.54. The molecule has 134 valence electrons. The summed E-state index contributed by atoms with van der Waals surface area (Å²) in [5.74, 6) is -1.27. The van der Waals surface area contributed by atoms with Crippen LogP contribution in [0, 0.1) is 11.7 Å². The number of sulfonamides is 1. The highest BCUT2D eigenvalue weighted by Gasteiger charge is 2.17. The van der Waals surface area contributed by atoms with Crippen LogP contribution in [-0.2, 0) is 10.0 Å². The molecule has 0 saturated carbocycles. The van der Waals surface area contributed by atoms with Crippen LogP contribution in [0.3, 0.4) is 0 Å². The quantitative estimate of drug-likeness (QED) is 0.797. The minimum absolute atomic E-state index is 0.118. The molecule has 2 aromatic carbocycles. The molecule has 25 heavy (non-hydrogen) atoms. The molecule has 0 saturated heterocycles. The lowest BCUT2D eigenvalue weighted by molar-refractivity contribution is 0.102. The Bertz CT molecular complexity index is 885. The number of benzene rings is 2. The maximum absolute atomic E-state index is 14.2. The number of hydrogen-bond acceptors (Lipinski definition) is 3. The lowest BCUT2D eigenvalue weighted by atomic mass is 10.2. The van der Waals surface area contributed by atoms with Gasteiger partial charge in [-0.15, -0.1) is 0 Å². The predicted molar refractivity (Wildman–Crippen MR) is 95.8 cm³/mol. The summed E-state index contributed by atoms with van der Waals surface area (Å²) >= 11 is 5.82. The van der Waals surface area contributed by atoms with Gasteiger partial charge in [-0.3, -0.25) is 4.79 Å². The molecule has 0 aliphatic carbocycles. The van der Waals surface area contributed by atoms with Gasteiger partial charge in [0, 0.05) is 17.1 Å². The number of rotatable bonds is 6. The molecule has 2 N–H and O–H groups in total. The first kappa shape index (κ1) is 19.4. The van der Waals surface area contributed by atoms with E-state index in [1.165, 1.54) is 24.3 Å². The molecule has 5 nitrogen and oxygen atoms in total. The lowest BCUT2D eigenvalue weighted by Gasteiger charge is -2.11. The Kier molecular flexibility index (Phi) is 6.16. The van der Waals surface area contributed by atoms with Crippen LogP contribution < -0.4 is 10.0 Å². The van der Waals surface area contributed by atoms with E-state index in [0.717, 1.165) is 6.07 Å².